The van der Waals surface area contributed by atoms with Crippen molar-refractivity contribution in [3.8, 4) is 0 Å². The van der Waals surface area contributed by atoms with Crippen LogP contribution in [0.15, 0.2) is 24.3 Å². The third-order valence-electron chi connectivity index (χ3n) is 3.06. The maximum Gasteiger partial charge on any atom is 0.325 e. The Labute approximate surface area is 126 Å². The smallest absolute Gasteiger partial charge is 0.325 e. The highest BCUT2D eigenvalue weighted by Gasteiger charge is 2.17. The number of rotatable bonds is 6. The number of aliphatic carboxylic acids is 1. The molecule has 112 valence electrons. The summed E-state index contributed by atoms with van der Waals surface area (Å²) in [6, 6.07) is 6.68. The normalized spacial score (nSPS) is 12.3. The number of carboxylic acids is 1. The Bertz CT molecular complexity index is 669. The molecule has 1 aromatic heterocycles. The van der Waals surface area contributed by atoms with Crippen molar-refractivity contribution < 1.29 is 14.7 Å². The monoisotopic (exact) mass is 307 g/mol. The average Bonchev–Trinajstić information content (AvgIpc) is 2.77. The maximum atomic E-state index is 12.0. The van der Waals surface area contributed by atoms with E-state index < -0.39 is 12.0 Å². The largest absolute Gasteiger partial charge is 0.480 e. The maximum absolute atomic E-state index is 12.0. The second kappa shape index (κ2) is 6.62. The van der Waals surface area contributed by atoms with Gasteiger partial charge in [0.1, 0.15) is 18.4 Å². The van der Waals surface area contributed by atoms with Gasteiger partial charge in [0.2, 0.25) is 5.91 Å². The Kier molecular flexibility index (Phi) is 4.85. The molecule has 2 rings (SSSR count). The van der Waals surface area contributed by atoms with Crippen molar-refractivity contribution in [3.05, 3.63) is 30.1 Å². The molecule has 0 spiro atoms. The standard InChI is InChI=1S/C14H17N3O3S/c1-9(14(19)20)15-13(18)7-17-11-6-4-3-5-10(11)16-12(17)8-21-2/h3-6,9H,7-8H2,1-2H3,(H,15,18)(H,19,20)/t9-/m1/s1. The summed E-state index contributed by atoms with van der Waals surface area (Å²) in [5, 5.41) is 11.3. The number of carbonyl (C=O) groups is 2. The van der Waals surface area contributed by atoms with Crippen LogP contribution in [-0.4, -0.2) is 38.8 Å². The van der Waals surface area contributed by atoms with Crippen LogP contribution in [0.25, 0.3) is 11.0 Å². The summed E-state index contributed by atoms with van der Waals surface area (Å²) in [6.07, 6.45) is 1.97. The van der Waals surface area contributed by atoms with Crippen LogP contribution in [0.5, 0.6) is 0 Å². The van der Waals surface area contributed by atoms with Crippen molar-refractivity contribution in [1.82, 2.24) is 14.9 Å². The van der Waals surface area contributed by atoms with E-state index in [1.54, 1.807) is 11.8 Å². The van der Waals surface area contributed by atoms with E-state index in [1.165, 1.54) is 6.92 Å². The lowest BCUT2D eigenvalue weighted by molar-refractivity contribution is -0.141. The van der Waals surface area contributed by atoms with Gasteiger partial charge in [0, 0.05) is 0 Å². The minimum Gasteiger partial charge on any atom is -0.480 e. The summed E-state index contributed by atoms with van der Waals surface area (Å²) in [7, 11) is 0. The second-order valence-electron chi connectivity index (χ2n) is 4.66. The number of benzene rings is 1. The van der Waals surface area contributed by atoms with Gasteiger partial charge in [-0.15, -0.1) is 0 Å². The fourth-order valence-electron chi connectivity index (χ4n) is 2.03. The van der Waals surface area contributed by atoms with Gasteiger partial charge in [0.15, 0.2) is 0 Å². The van der Waals surface area contributed by atoms with E-state index in [0.717, 1.165) is 16.9 Å². The number of imidazole rings is 1. The summed E-state index contributed by atoms with van der Waals surface area (Å²) in [5.74, 6) is 0.108. The summed E-state index contributed by atoms with van der Waals surface area (Å²) < 4.78 is 1.83. The predicted molar refractivity (Wildman–Crippen MR) is 82.2 cm³/mol. The van der Waals surface area contributed by atoms with E-state index in [9.17, 15) is 9.59 Å². The second-order valence-corrected chi connectivity index (χ2v) is 5.53. The number of para-hydroxylation sites is 2. The molecule has 0 saturated heterocycles. The molecular formula is C14H17N3O3S. The van der Waals surface area contributed by atoms with Crippen molar-refractivity contribution in [3.63, 3.8) is 0 Å². The third kappa shape index (κ3) is 3.55. The van der Waals surface area contributed by atoms with Crippen LogP contribution in [-0.2, 0) is 21.9 Å². The predicted octanol–water partition coefficient (Wildman–Crippen LogP) is 1.49. The Morgan fingerprint density at radius 2 is 2.14 bits per heavy atom. The van der Waals surface area contributed by atoms with Crippen LogP contribution in [0.1, 0.15) is 12.7 Å². The molecule has 1 aromatic carbocycles. The van der Waals surface area contributed by atoms with Gasteiger partial charge in [-0.05, 0) is 25.3 Å². The number of carbonyl (C=O) groups excluding carboxylic acids is 1. The quantitative estimate of drug-likeness (QED) is 0.844. The molecule has 0 aliphatic carbocycles. The topological polar surface area (TPSA) is 84.2 Å². The molecule has 7 heteroatoms. The zero-order valence-electron chi connectivity index (χ0n) is 11.9. The van der Waals surface area contributed by atoms with Crippen LogP contribution < -0.4 is 5.32 Å². The van der Waals surface area contributed by atoms with Gasteiger partial charge in [0.25, 0.3) is 0 Å². The van der Waals surface area contributed by atoms with E-state index in [0.29, 0.717) is 5.75 Å². The molecule has 0 unspecified atom stereocenters. The van der Waals surface area contributed by atoms with Crippen LogP contribution in [0.3, 0.4) is 0 Å². The Hall–Kier alpha value is -2.02. The molecule has 0 fully saturated rings. The lowest BCUT2D eigenvalue weighted by atomic mass is 10.3. The summed E-state index contributed by atoms with van der Waals surface area (Å²) in [5.41, 5.74) is 1.71. The molecule has 0 aliphatic rings. The van der Waals surface area contributed by atoms with E-state index >= 15 is 0 Å². The lowest BCUT2D eigenvalue weighted by Crippen LogP contribution is -2.40. The first-order chi connectivity index (χ1) is 10.0. The zero-order valence-corrected chi connectivity index (χ0v) is 12.7. The SMILES string of the molecule is CSCc1nc2ccccc2n1CC(=O)N[C@H](C)C(=O)O. The summed E-state index contributed by atoms with van der Waals surface area (Å²) >= 11 is 1.62. The lowest BCUT2D eigenvalue weighted by Gasteiger charge is -2.12. The van der Waals surface area contributed by atoms with Gasteiger partial charge in [-0.3, -0.25) is 9.59 Å². The number of nitrogens with zero attached hydrogens (tertiary/aromatic N) is 2. The first-order valence-corrected chi connectivity index (χ1v) is 7.87. The van der Waals surface area contributed by atoms with E-state index in [1.807, 2.05) is 35.1 Å². The molecule has 1 heterocycles. The fraction of sp³-hybridized carbons (Fsp3) is 0.357. The fourth-order valence-corrected chi connectivity index (χ4v) is 2.51. The zero-order chi connectivity index (χ0) is 15.4. The minimum atomic E-state index is -1.05. The van der Waals surface area contributed by atoms with E-state index in [-0.39, 0.29) is 12.5 Å². The van der Waals surface area contributed by atoms with Gasteiger partial charge in [0.05, 0.1) is 16.8 Å². The number of thioether (sulfide) groups is 1. The Morgan fingerprint density at radius 3 is 2.81 bits per heavy atom. The molecule has 1 atom stereocenters. The molecule has 6 nitrogen and oxygen atoms in total. The van der Waals surface area contributed by atoms with E-state index in [4.69, 9.17) is 5.11 Å². The highest BCUT2D eigenvalue weighted by molar-refractivity contribution is 7.97. The van der Waals surface area contributed by atoms with Gasteiger partial charge in [-0.25, -0.2) is 4.98 Å². The highest BCUT2D eigenvalue weighted by atomic mass is 32.2. The van der Waals surface area contributed by atoms with Crippen molar-refractivity contribution in [2.45, 2.75) is 25.3 Å². The van der Waals surface area contributed by atoms with Crippen LogP contribution >= 0.6 is 11.8 Å². The van der Waals surface area contributed by atoms with Crippen molar-refractivity contribution in [2.75, 3.05) is 6.26 Å². The molecular weight excluding hydrogens is 290 g/mol. The molecule has 0 bridgehead atoms. The van der Waals surface area contributed by atoms with Gasteiger partial charge >= 0.3 is 5.97 Å². The number of hydrogen-bond acceptors (Lipinski definition) is 4. The number of nitrogens with one attached hydrogen (secondary N) is 1. The molecule has 1 amide bonds. The number of carboxylic acid groups (broad SMARTS) is 1. The summed E-state index contributed by atoms with van der Waals surface area (Å²) in [4.78, 5) is 27.3. The number of fused-ring (bicyclic) bond motifs is 1. The first kappa shape index (κ1) is 15.4. The Balaban J connectivity index is 2.25. The van der Waals surface area contributed by atoms with Crippen molar-refractivity contribution >= 4 is 34.7 Å². The third-order valence-corrected chi connectivity index (χ3v) is 3.60. The molecule has 0 aliphatic heterocycles. The molecule has 2 aromatic rings. The van der Waals surface area contributed by atoms with Gasteiger partial charge in [-0.2, -0.15) is 11.8 Å². The van der Waals surface area contributed by atoms with Gasteiger partial charge < -0.3 is 15.0 Å². The van der Waals surface area contributed by atoms with Crippen LogP contribution in [0.2, 0.25) is 0 Å². The summed E-state index contributed by atoms with van der Waals surface area (Å²) in [6.45, 7) is 1.50. The van der Waals surface area contributed by atoms with Crippen molar-refractivity contribution in [1.29, 1.82) is 0 Å². The number of aromatic nitrogens is 2. The van der Waals surface area contributed by atoms with Crippen LogP contribution in [0.4, 0.5) is 0 Å². The molecule has 21 heavy (non-hydrogen) atoms. The number of hydrogen-bond donors (Lipinski definition) is 2. The minimum absolute atomic E-state index is 0.0635. The molecule has 0 radical (unpaired) electrons. The molecule has 0 saturated carbocycles. The number of amides is 1. The molecule has 2 N–H and O–H groups in total. The first-order valence-electron chi connectivity index (χ1n) is 6.48. The van der Waals surface area contributed by atoms with Gasteiger partial charge in [-0.1, -0.05) is 12.1 Å². The highest BCUT2D eigenvalue weighted by Crippen LogP contribution is 2.18. The Morgan fingerprint density at radius 1 is 1.43 bits per heavy atom. The van der Waals surface area contributed by atoms with Crippen molar-refractivity contribution in [2.24, 2.45) is 0 Å². The van der Waals surface area contributed by atoms with Crippen LogP contribution in [0, 0.1) is 0 Å². The average molecular weight is 307 g/mol. The van der Waals surface area contributed by atoms with E-state index in [2.05, 4.69) is 10.3 Å².